The van der Waals surface area contributed by atoms with Crippen molar-refractivity contribution in [3.8, 4) is 0 Å². The van der Waals surface area contributed by atoms with Crippen molar-refractivity contribution in [3.63, 3.8) is 0 Å². The topological polar surface area (TPSA) is 76.1 Å². The molecule has 0 radical (unpaired) electrons. The van der Waals surface area contributed by atoms with Gasteiger partial charge in [-0.05, 0) is 61.4 Å². The van der Waals surface area contributed by atoms with Crippen LogP contribution in [0.15, 0.2) is 54.6 Å². The summed E-state index contributed by atoms with van der Waals surface area (Å²) in [6, 6.07) is 16.4. The number of benzene rings is 2. The molecule has 160 valence electrons. The molecule has 6 nitrogen and oxygen atoms in total. The van der Waals surface area contributed by atoms with Crippen LogP contribution in [0.3, 0.4) is 0 Å². The monoisotopic (exact) mass is 431 g/mol. The number of ether oxygens (including phenoxy) is 2. The summed E-state index contributed by atoms with van der Waals surface area (Å²) in [5.74, 6) is -0.434. The molecule has 2 atom stereocenters. The second kappa shape index (κ2) is 11.0. The lowest BCUT2D eigenvalue weighted by Crippen LogP contribution is -2.30. The van der Waals surface area contributed by atoms with Crippen molar-refractivity contribution in [1.29, 1.82) is 0 Å². The zero-order chi connectivity index (χ0) is 21.3. The Kier molecular flexibility index (Phi) is 8.11. The third-order valence-corrected chi connectivity index (χ3v) is 5.41. The van der Waals surface area contributed by atoms with E-state index >= 15 is 0 Å². The normalized spacial score (nSPS) is 18.6. The first kappa shape index (κ1) is 22.1. The van der Waals surface area contributed by atoms with Crippen LogP contribution in [-0.4, -0.2) is 37.0 Å². The van der Waals surface area contributed by atoms with Crippen molar-refractivity contribution in [2.24, 2.45) is 11.8 Å². The summed E-state index contributed by atoms with van der Waals surface area (Å²) >= 11 is 6.13. The van der Waals surface area contributed by atoms with Gasteiger partial charge in [-0.25, -0.2) is 14.5 Å². The molecule has 1 amide bonds. The lowest BCUT2D eigenvalue weighted by atomic mass is 9.82. The quantitative estimate of drug-likeness (QED) is 0.595. The third kappa shape index (κ3) is 6.47. The molecule has 7 heteroatoms. The van der Waals surface area contributed by atoms with Crippen molar-refractivity contribution in [1.82, 2.24) is 0 Å². The van der Waals surface area contributed by atoms with E-state index in [-0.39, 0.29) is 12.5 Å². The first-order valence-electron chi connectivity index (χ1n) is 10.1. The first-order chi connectivity index (χ1) is 14.5. The number of halogens is 1. The van der Waals surface area contributed by atoms with Crippen molar-refractivity contribution in [2.75, 3.05) is 24.7 Å². The maximum absolute atomic E-state index is 13.0. The van der Waals surface area contributed by atoms with Gasteiger partial charge in [0.15, 0.2) is 0 Å². The van der Waals surface area contributed by atoms with E-state index in [2.05, 4.69) is 0 Å². The molecule has 1 fully saturated rings. The largest absolute Gasteiger partial charge is 0.480 e. The lowest BCUT2D eigenvalue weighted by Gasteiger charge is -2.29. The van der Waals surface area contributed by atoms with Crippen LogP contribution >= 0.6 is 11.6 Å². The summed E-state index contributed by atoms with van der Waals surface area (Å²) in [7, 11) is 0. The molecule has 3 rings (SSSR count). The number of para-hydroxylation sites is 1. The minimum Gasteiger partial charge on any atom is -0.480 e. The van der Waals surface area contributed by atoms with E-state index in [1.165, 1.54) is 4.90 Å². The summed E-state index contributed by atoms with van der Waals surface area (Å²) in [5, 5.41) is 9.24. The number of carboxylic acid groups (broad SMARTS) is 1. The molecule has 2 aromatic rings. The zero-order valence-electron chi connectivity index (χ0n) is 16.7. The van der Waals surface area contributed by atoms with Crippen LogP contribution in [0, 0.1) is 11.8 Å². The second-order valence-electron chi connectivity index (χ2n) is 7.54. The highest BCUT2D eigenvalue weighted by Gasteiger charge is 2.26. The highest BCUT2D eigenvalue weighted by Crippen LogP contribution is 2.31. The van der Waals surface area contributed by atoms with E-state index in [1.807, 2.05) is 36.4 Å². The van der Waals surface area contributed by atoms with Gasteiger partial charge in [0.2, 0.25) is 0 Å². The van der Waals surface area contributed by atoms with Gasteiger partial charge in [-0.3, -0.25) is 0 Å². The molecule has 30 heavy (non-hydrogen) atoms. The van der Waals surface area contributed by atoms with Gasteiger partial charge in [-0.15, -0.1) is 0 Å². The highest BCUT2D eigenvalue weighted by atomic mass is 35.5. The molecule has 2 aromatic carbocycles. The molecule has 0 spiro atoms. The Bertz CT molecular complexity index is 844. The average molecular weight is 432 g/mol. The predicted octanol–water partition coefficient (Wildman–Crippen LogP) is 5.52. The lowest BCUT2D eigenvalue weighted by molar-refractivity contribution is -0.142. The van der Waals surface area contributed by atoms with Crippen LogP contribution in [0.1, 0.15) is 25.7 Å². The highest BCUT2D eigenvalue weighted by molar-refractivity contribution is 6.31. The average Bonchev–Trinajstić information content (AvgIpc) is 2.73. The molecule has 0 bridgehead atoms. The Morgan fingerprint density at radius 1 is 1.00 bits per heavy atom. The summed E-state index contributed by atoms with van der Waals surface area (Å²) in [4.78, 5) is 25.1. The van der Waals surface area contributed by atoms with E-state index in [0.717, 1.165) is 25.7 Å². The number of hydrogen-bond donors (Lipinski definition) is 1. The summed E-state index contributed by atoms with van der Waals surface area (Å²) < 4.78 is 10.9. The number of amides is 1. The number of hydrogen-bond acceptors (Lipinski definition) is 4. The van der Waals surface area contributed by atoms with Crippen molar-refractivity contribution in [3.05, 3.63) is 59.6 Å². The number of carboxylic acids is 1. The predicted molar refractivity (Wildman–Crippen MR) is 115 cm³/mol. The minimum atomic E-state index is -0.960. The van der Waals surface area contributed by atoms with Gasteiger partial charge in [-0.2, -0.15) is 0 Å². The zero-order valence-corrected chi connectivity index (χ0v) is 17.5. The molecule has 0 saturated heterocycles. The number of carbonyl (C=O) groups excluding carboxylic acids is 1. The third-order valence-electron chi connectivity index (χ3n) is 5.18. The van der Waals surface area contributed by atoms with Gasteiger partial charge < -0.3 is 14.6 Å². The standard InChI is InChI=1S/C23H26ClNO5/c24-19-8-5-11-21(13-19)25(20-9-2-1-3-10-20)23(28)30-15-18-7-4-6-17(12-18)14-29-16-22(26)27/h1-3,5,8-11,13,17-18H,4,6-7,12,14-16H2,(H,26,27). The van der Waals surface area contributed by atoms with E-state index in [4.69, 9.17) is 26.2 Å². The van der Waals surface area contributed by atoms with Crippen LogP contribution in [0.2, 0.25) is 5.02 Å². The van der Waals surface area contributed by atoms with Crippen LogP contribution < -0.4 is 4.90 Å². The molecule has 1 saturated carbocycles. The van der Waals surface area contributed by atoms with E-state index in [1.54, 1.807) is 18.2 Å². The minimum absolute atomic E-state index is 0.234. The van der Waals surface area contributed by atoms with E-state index < -0.39 is 12.1 Å². The number of carbonyl (C=O) groups is 2. The first-order valence-corrected chi connectivity index (χ1v) is 10.5. The number of aliphatic carboxylic acids is 1. The maximum Gasteiger partial charge on any atom is 0.418 e. The van der Waals surface area contributed by atoms with Crippen molar-refractivity contribution >= 4 is 35.0 Å². The molecular weight excluding hydrogens is 406 g/mol. The molecule has 0 aliphatic heterocycles. The fourth-order valence-electron chi connectivity index (χ4n) is 3.82. The van der Waals surface area contributed by atoms with Crippen molar-refractivity contribution in [2.45, 2.75) is 25.7 Å². The van der Waals surface area contributed by atoms with Crippen LogP contribution in [0.5, 0.6) is 0 Å². The molecular formula is C23H26ClNO5. The Labute approximate surface area is 181 Å². The number of anilines is 2. The van der Waals surface area contributed by atoms with Gasteiger partial charge in [0.1, 0.15) is 6.61 Å². The molecule has 2 unspecified atom stereocenters. The summed E-state index contributed by atoms with van der Waals surface area (Å²) in [5.41, 5.74) is 1.34. The maximum atomic E-state index is 13.0. The Hall–Kier alpha value is -2.57. The smallest absolute Gasteiger partial charge is 0.418 e. The van der Waals surface area contributed by atoms with Crippen LogP contribution in [0.25, 0.3) is 0 Å². The van der Waals surface area contributed by atoms with Crippen molar-refractivity contribution < 1.29 is 24.2 Å². The van der Waals surface area contributed by atoms with Gasteiger partial charge in [0.05, 0.1) is 24.6 Å². The Morgan fingerprint density at radius 3 is 2.40 bits per heavy atom. The fraction of sp³-hybridized carbons (Fsp3) is 0.391. The molecule has 1 N–H and O–H groups in total. The molecule has 0 heterocycles. The molecule has 0 aromatic heterocycles. The second-order valence-corrected chi connectivity index (χ2v) is 7.97. The SMILES string of the molecule is O=C(O)COCC1CCCC(COC(=O)N(c2ccccc2)c2cccc(Cl)c2)C1. The van der Waals surface area contributed by atoms with E-state index in [0.29, 0.717) is 35.5 Å². The van der Waals surface area contributed by atoms with Gasteiger partial charge in [-0.1, -0.05) is 42.3 Å². The number of rotatable bonds is 8. The summed E-state index contributed by atoms with van der Waals surface area (Å²) in [6.07, 6.45) is 3.40. The van der Waals surface area contributed by atoms with Gasteiger partial charge in [0.25, 0.3) is 0 Å². The number of nitrogens with zero attached hydrogens (tertiary/aromatic N) is 1. The van der Waals surface area contributed by atoms with Gasteiger partial charge in [0, 0.05) is 5.02 Å². The molecule has 1 aliphatic carbocycles. The van der Waals surface area contributed by atoms with Crippen LogP contribution in [-0.2, 0) is 14.3 Å². The summed E-state index contributed by atoms with van der Waals surface area (Å²) in [6.45, 7) is 0.468. The fourth-order valence-corrected chi connectivity index (χ4v) is 4.01. The van der Waals surface area contributed by atoms with Crippen LogP contribution in [0.4, 0.5) is 16.2 Å². The van der Waals surface area contributed by atoms with E-state index in [9.17, 15) is 9.59 Å². The molecule has 1 aliphatic rings. The van der Waals surface area contributed by atoms with Gasteiger partial charge >= 0.3 is 12.1 Å². The Morgan fingerprint density at radius 2 is 1.70 bits per heavy atom. The Balaban J connectivity index is 1.61.